The molecule has 1 amide bonds. The summed E-state index contributed by atoms with van der Waals surface area (Å²) in [6, 6.07) is 0. The van der Waals surface area contributed by atoms with Gasteiger partial charge in [0.1, 0.15) is 6.10 Å². The molecule has 104 valence electrons. The average molecular weight is 255 g/mol. The number of likely N-dealkylation sites (N-methyl/N-ethyl adjacent to an activating group) is 1. The molecule has 0 aromatic heterocycles. The normalized spacial score (nSPS) is 27.1. The molecule has 0 spiro atoms. The van der Waals surface area contributed by atoms with Crippen molar-refractivity contribution in [3.8, 4) is 0 Å². The van der Waals surface area contributed by atoms with Gasteiger partial charge in [-0.25, -0.2) is 0 Å². The number of ether oxygens (including phenoxy) is 1. The Morgan fingerprint density at radius 3 is 2.72 bits per heavy atom. The fourth-order valence-electron chi connectivity index (χ4n) is 2.47. The minimum atomic E-state index is -0.203. The Hall–Kier alpha value is -0.650. The number of hydrogen-bond acceptors (Lipinski definition) is 4. The van der Waals surface area contributed by atoms with E-state index >= 15 is 0 Å². The molecule has 2 aliphatic rings. The van der Waals surface area contributed by atoms with Gasteiger partial charge in [0, 0.05) is 45.9 Å². The molecule has 1 unspecified atom stereocenters. The molecule has 1 atom stereocenters. The van der Waals surface area contributed by atoms with E-state index in [0.29, 0.717) is 0 Å². The topological polar surface area (TPSA) is 44.8 Å². The van der Waals surface area contributed by atoms with E-state index in [9.17, 15) is 4.79 Å². The Balaban J connectivity index is 1.58. The van der Waals surface area contributed by atoms with Gasteiger partial charge in [-0.2, -0.15) is 0 Å². The second kappa shape index (κ2) is 7.07. The highest BCUT2D eigenvalue weighted by atomic mass is 16.5. The number of piperazine rings is 1. The lowest BCUT2D eigenvalue weighted by Crippen LogP contribution is -2.48. The molecule has 0 aromatic carbocycles. The molecule has 18 heavy (non-hydrogen) atoms. The summed E-state index contributed by atoms with van der Waals surface area (Å²) < 4.78 is 5.46. The van der Waals surface area contributed by atoms with Crippen LogP contribution in [0.2, 0.25) is 0 Å². The van der Waals surface area contributed by atoms with Crippen LogP contribution in [0.15, 0.2) is 0 Å². The summed E-state index contributed by atoms with van der Waals surface area (Å²) in [5.74, 6) is 0.0730. The van der Waals surface area contributed by atoms with Crippen LogP contribution in [0, 0.1) is 0 Å². The molecular weight excluding hydrogens is 230 g/mol. The fraction of sp³-hybridized carbons (Fsp3) is 0.923. The summed E-state index contributed by atoms with van der Waals surface area (Å²) in [7, 11) is 2.15. The van der Waals surface area contributed by atoms with Crippen LogP contribution in [-0.4, -0.2) is 74.7 Å². The van der Waals surface area contributed by atoms with Gasteiger partial charge in [0.2, 0.25) is 5.91 Å². The summed E-state index contributed by atoms with van der Waals surface area (Å²) in [6.45, 7) is 6.88. The molecule has 0 saturated carbocycles. The third-order valence-corrected chi connectivity index (χ3v) is 3.80. The first-order valence-corrected chi connectivity index (χ1v) is 7.06. The lowest BCUT2D eigenvalue weighted by molar-refractivity contribution is -0.135. The number of hydrogen-bond donors (Lipinski definition) is 1. The largest absolute Gasteiger partial charge is 0.368 e. The van der Waals surface area contributed by atoms with Crippen molar-refractivity contribution in [2.24, 2.45) is 0 Å². The number of carbonyl (C=O) groups excluding carboxylic acids is 1. The monoisotopic (exact) mass is 255 g/mol. The molecule has 0 aromatic rings. The van der Waals surface area contributed by atoms with Crippen LogP contribution in [0.3, 0.4) is 0 Å². The van der Waals surface area contributed by atoms with E-state index in [2.05, 4.69) is 22.2 Å². The second-order valence-corrected chi connectivity index (χ2v) is 5.29. The Bertz CT molecular complexity index is 259. The van der Waals surface area contributed by atoms with Crippen LogP contribution in [0.5, 0.6) is 0 Å². The fourth-order valence-corrected chi connectivity index (χ4v) is 2.47. The summed E-state index contributed by atoms with van der Waals surface area (Å²) in [5.41, 5.74) is 0. The van der Waals surface area contributed by atoms with Gasteiger partial charge in [-0.3, -0.25) is 9.69 Å². The summed E-state index contributed by atoms with van der Waals surface area (Å²) in [6.07, 6.45) is 2.87. The molecule has 2 aliphatic heterocycles. The highest BCUT2D eigenvalue weighted by molar-refractivity contribution is 5.80. The number of nitrogens with one attached hydrogen (secondary N) is 1. The SMILES string of the molecule is CN1CCN(CCNC(=O)C2CCCCO2)CC1. The molecule has 2 fully saturated rings. The molecule has 1 N–H and O–H groups in total. The van der Waals surface area contributed by atoms with E-state index < -0.39 is 0 Å². The van der Waals surface area contributed by atoms with Gasteiger partial charge >= 0.3 is 0 Å². The summed E-state index contributed by atoms with van der Waals surface area (Å²) in [4.78, 5) is 16.6. The highest BCUT2D eigenvalue weighted by Crippen LogP contribution is 2.12. The van der Waals surface area contributed by atoms with Gasteiger partial charge in [0.05, 0.1) is 0 Å². The quantitative estimate of drug-likeness (QED) is 0.763. The van der Waals surface area contributed by atoms with Crippen molar-refractivity contribution in [2.45, 2.75) is 25.4 Å². The van der Waals surface area contributed by atoms with Gasteiger partial charge in [-0.15, -0.1) is 0 Å². The lowest BCUT2D eigenvalue weighted by Gasteiger charge is -2.32. The van der Waals surface area contributed by atoms with Gasteiger partial charge in [0.25, 0.3) is 0 Å². The predicted molar refractivity (Wildman–Crippen MR) is 70.5 cm³/mol. The third-order valence-electron chi connectivity index (χ3n) is 3.80. The first-order chi connectivity index (χ1) is 8.75. The minimum absolute atomic E-state index is 0.0730. The third kappa shape index (κ3) is 4.23. The summed E-state index contributed by atoms with van der Waals surface area (Å²) >= 11 is 0. The van der Waals surface area contributed by atoms with Crippen LogP contribution >= 0.6 is 0 Å². The maximum Gasteiger partial charge on any atom is 0.249 e. The maximum atomic E-state index is 11.8. The van der Waals surface area contributed by atoms with Crippen molar-refractivity contribution < 1.29 is 9.53 Å². The van der Waals surface area contributed by atoms with Gasteiger partial charge in [-0.1, -0.05) is 0 Å². The van der Waals surface area contributed by atoms with Crippen molar-refractivity contribution in [2.75, 3.05) is 52.9 Å². The van der Waals surface area contributed by atoms with Crippen molar-refractivity contribution in [1.82, 2.24) is 15.1 Å². The molecule has 0 aliphatic carbocycles. The zero-order valence-electron chi connectivity index (χ0n) is 11.4. The molecule has 2 saturated heterocycles. The van der Waals surface area contributed by atoms with Crippen molar-refractivity contribution in [3.05, 3.63) is 0 Å². The van der Waals surface area contributed by atoms with E-state index in [1.54, 1.807) is 0 Å². The van der Waals surface area contributed by atoms with Gasteiger partial charge in [-0.05, 0) is 26.3 Å². The average Bonchev–Trinajstić information content (AvgIpc) is 2.42. The maximum absolute atomic E-state index is 11.8. The molecule has 0 bridgehead atoms. The number of amides is 1. The first-order valence-electron chi connectivity index (χ1n) is 7.06. The molecular formula is C13H25N3O2. The molecule has 0 radical (unpaired) electrons. The Morgan fingerprint density at radius 1 is 1.28 bits per heavy atom. The van der Waals surface area contributed by atoms with Crippen LogP contribution < -0.4 is 5.32 Å². The van der Waals surface area contributed by atoms with E-state index in [4.69, 9.17) is 4.74 Å². The van der Waals surface area contributed by atoms with Crippen molar-refractivity contribution in [1.29, 1.82) is 0 Å². The van der Waals surface area contributed by atoms with Gasteiger partial charge < -0.3 is 15.0 Å². The molecule has 2 rings (SSSR count). The van der Waals surface area contributed by atoms with Crippen LogP contribution in [0.25, 0.3) is 0 Å². The number of rotatable bonds is 4. The minimum Gasteiger partial charge on any atom is -0.368 e. The zero-order chi connectivity index (χ0) is 12.8. The smallest absolute Gasteiger partial charge is 0.249 e. The van der Waals surface area contributed by atoms with Crippen LogP contribution in [0.1, 0.15) is 19.3 Å². The second-order valence-electron chi connectivity index (χ2n) is 5.29. The lowest BCUT2D eigenvalue weighted by atomic mass is 10.1. The molecule has 5 heteroatoms. The van der Waals surface area contributed by atoms with Crippen LogP contribution in [0.4, 0.5) is 0 Å². The van der Waals surface area contributed by atoms with E-state index in [1.165, 1.54) is 0 Å². The van der Waals surface area contributed by atoms with E-state index in [0.717, 1.165) is 65.1 Å². The Morgan fingerprint density at radius 2 is 2.06 bits per heavy atom. The van der Waals surface area contributed by atoms with E-state index in [-0.39, 0.29) is 12.0 Å². The highest BCUT2D eigenvalue weighted by Gasteiger charge is 2.21. The number of nitrogens with zero attached hydrogens (tertiary/aromatic N) is 2. The standard InChI is InChI=1S/C13H25N3O2/c1-15-7-9-16(10-8-15)6-5-14-13(17)12-4-2-3-11-18-12/h12H,2-11H2,1H3,(H,14,17). The van der Waals surface area contributed by atoms with Crippen molar-refractivity contribution in [3.63, 3.8) is 0 Å². The molecule has 2 heterocycles. The predicted octanol–water partition coefficient (Wildman–Crippen LogP) is -0.0809. The van der Waals surface area contributed by atoms with Crippen LogP contribution in [-0.2, 0) is 9.53 Å². The molecule has 5 nitrogen and oxygen atoms in total. The van der Waals surface area contributed by atoms with Crippen molar-refractivity contribution >= 4 is 5.91 Å². The van der Waals surface area contributed by atoms with E-state index in [1.807, 2.05) is 0 Å². The zero-order valence-corrected chi connectivity index (χ0v) is 11.4. The van der Waals surface area contributed by atoms with Gasteiger partial charge in [0.15, 0.2) is 0 Å². The Kier molecular flexibility index (Phi) is 5.41. The first kappa shape index (κ1) is 13.8. The number of carbonyl (C=O) groups is 1. The Labute approximate surface area is 109 Å². The summed E-state index contributed by atoms with van der Waals surface area (Å²) in [5, 5.41) is 2.99.